The van der Waals surface area contributed by atoms with Crippen molar-refractivity contribution < 1.29 is 4.79 Å². The van der Waals surface area contributed by atoms with Crippen LogP contribution in [-0.4, -0.2) is 22.7 Å². The van der Waals surface area contributed by atoms with E-state index in [9.17, 15) is 4.79 Å². The molecule has 1 fully saturated rings. The maximum absolute atomic E-state index is 11.6. The van der Waals surface area contributed by atoms with E-state index in [2.05, 4.69) is 17.6 Å². The summed E-state index contributed by atoms with van der Waals surface area (Å²) in [5, 5.41) is 0.112. The van der Waals surface area contributed by atoms with Crippen LogP contribution in [0.25, 0.3) is 0 Å². The van der Waals surface area contributed by atoms with Crippen molar-refractivity contribution >= 4 is 24.4 Å². The number of hydrogen-bond donors (Lipinski definition) is 2. The molecule has 2 rings (SSSR count). The Morgan fingerprint density at radius 1 is 1.67 bits per heavy atom. The van der Waals surface area contributed by atoms with E-state index in [1.807, 2.05) is 12.1 Å². The molecule has 2 heterocycles. The maximum Gasteiger partial charge on any atom is 0.229 e. The fourth-order valence-electron chi connectivity index (χ4n) is 1.65. The number of carbonyl (C=O) groups is 1. The van der Waals surface area contributed by atoms with E-state index >= 15 is 0 Å². The molecule has 2 N–H and O–H groups in total. The molecule has 0 saturated carbocycles. The number of aromatic nitrogens is 1. The number of carbonyl (C=O) groups excluding carboxylic acids is 1. The highest BCUT2D eigenvalue weighted by Gasteiger charge is 2.28. The third-order valence-corrected chi connectivity index (χ3v) is 2.77. The van der Waals surface area contributed by atoms with Crippen LogP contribution in [0.5, 0.6) is 0 Å². The van der Waals surface area contributed by atoms with Crippen LogP contribution in [0, 0.1) is 0 Å². The standard InChI is InChI=1S/C10H13N3OS/c11-5-7-1-2-12-9(3-7)13-6-8(15)4-10(13)14/h1-3,8,15H,4-6,11H2. The Kier molecular flexibility index (Phi) is 2.93. The van der Waals surface area contributed by atoms with Crippen LogP contribution in [0.2, 0.25) is 0 Å². The molecule has 0 aliphatic carbocycles. The van der Waals surface area contributed by atoms with Crippen molar-refractivity contribution in [2.75, 3.05) is 11.4 Å². The predicted molar refractivity (Wildman–Crippen MR) is 61.9 cm³/mol. The summed E-state index contributed by atoms with van der Waals surface area (Å²) in [4.78, 5) is 17.4. The van der Waals surface area contributed by atoms with Gasteiger partial charge >= 0.3 is 0 Å². The molecule has 1 amide bonds. The molecule has 0 bridgehead atoms. The number of amides is 1. The Balaban J connectivity index is 2.25. The number of hydrogen-bond acceptors (Lipinski definition) is 4. The molecule has 1 unspecified atom stereocenters. The summed E-state index contributed by atoms with van der Waals surface area (Å²) in [5.41, 5.74) is 6.51. The highest BCUT2D eigenvalue weighted by atomic mass is 32.1. The first-order valence-corrected chi connectivity index (χ1v) is 5.36. The Morgan fingerprint density at radius 3 is 3.07 bits per heavy atom. The average Bonchev–Trinajstić information content (AvgIpc) is 2.58. The smallest absolute Gasteiger partial charge is 0.229 e. The number of anilines is 1. The third-order valence-electron chi connectivity index (χ3n) is 2.43. The lowest BCUT2D eigenvalue weighted by molar-refractivity contribution is -0.117. The van der Waals surface area contributed by atoms with E-state index in [4.69, 9.17) is 5.73 Å². The van der Waals surface area contributed by atoms with Crippen molar-refractivity contribution in [3.8, 4) is 0 Å². The maximum atomic E-state index is 11.6. The summed E-state index contributed by atoms with van der Waals surface area (Å²) in [7, 11) is 0. The van der Waals surface area contributed by atoms with Gasteiger partial charge in [0, 0.05) is 31.0 Å². The highest BCUT2D eigenvalue weighted by molar-refractivity contribution is 7.81. The molecule has 1 aromatic rings. The van der Waals surface area contributed by atoms with Crippen molar-refractivity contribution in [3.63, 3.8) is 0 Å². The zero-order valence-corrected chi connectivity index (χ0v) is 9.15. The first-order chi connectivity index (χ1) is 7.20. The van der Waals surface area contributed by atoms with Crippen molar-refractivity contribution in [1.29, 1.82) is 0 Å². The van der Waals surface area contributed by atoms with Crippen LogP contribution in [0.3, 0.4) is 0 Å². The van der Waals surface area contributed by atoms with Crippen molar-refractivity contribution in [1.82, 2.24) is 4.98 Å². The molecular formula is C10H13N3OS. The van der Waals surface area contributed by atoms with Gasteiger partial charge in [-0.3, -0.25) is 9.69 Å². The number of nitrogens with two attached hydrogens (primary N) is 1. The van der Waals surface area contributed by atoms with Crippen molar-refractivity contribution in [2.24, 2.45) is 5.73 Å². The van der Waals surface area contributed by atoms with Gasteiger partial charge in [0.25, 0.3) is 0 Å². The van der Waals surface area contributed by atoms with E-state index < -0.39 is 0 Å². The zero-order chi connectivity index (χ0) is 10.8. The lowest BCUT2D eigenvalue weighted by Gasteiger charge is -2.15. The summed E-state index contributed by atoms with van der Waals surface area (Å²) in [5.74, 6) is 0.760. The van der Waals surface area contributed by atoms with Crippen LogP contribution in [0.4, 0.5) is 5.82 Å². The van der Waals surface area contributed by atoms with Gasteiger partial charge < -0.3 is 5.73 Å². The lowest BCUT2D eigenvalue weighted by atomic mass is 10.2. The summed E-state index contributed by atoms with van der Waals surface area (Å²) >= 11 is 4.30. The average molecular weight is 223 g/mol. The first-order valence-electron chi connectivity index (χ1n) is 4.84. The highest BCUT2D eigenvalue weighted by Crippen LogP contribution is 2.22. The summed E-state index contributed by atoms with van der Waals surface area (Å²) in [6.07, 6.45) is 2.16. The molecule has 1 saturated heterocycles. The molecule has 0 spiro atoms. The van der Waals surface area contributed by atoms with Crippen LogP contribution in [-0.2, 0) is 11.3 Å². The van der Waals surface area contributed by atoms with Gasteiger partial charge in [0.2, 0.25) is 5.91 Å². The van der Waals surface area contributed by atoms with Gasteiger partial charge in [0.05, 0.1) is 0 Å². The van der Waals surface area contributed by atoms with Crippen molar-refractivity contribution in [2.45, 2.75) is 18.2 Å². The van der Waals surface area contributed by atoms with Gasteiger partial charge in [0.1, 0.15) is 5.82 Å². The van der Waals surface area contributed by atoms with Crippen LogP contribution in [0.15, 0.2) is 18.3 Å². The van der Waals surface area contributed by atoms with Crippen molar-refractivity contribution in [3.05, 3.63) is 23.9 Å². The quantitative estimate of drug-likeness (QED) is 0.721. The third kappa shape index (κ3) is 2.13. The van der Waals surface area contributed by atoms with Gasteiger partial charge in [-0.1, -0.05) is 0 Å². The normalized spacial score (nSPS) is 21.1. The molecule has 0 aromatic carbocycles. The lowest BCUT2D eigenvalue weighted by Crippen LogP contribution is -2.25. The molecule has 15 heavy (non-hydrogen) atoms. The van der Waals surface area contributed by atoms with E-state index in [1.165, 1.54) is 0 Å². The molecule has 80 valence electrons. The zero-order valence-electron chi connectivity index (χ0n) is 8.26. The number of thiol groups is 1. The Morgan fingerprint density at radius 2 is 2.47 bits per heavy atom. The summed E-state index contributed by atoms with van der Waals surface area (Å²) in [6, 6.07) is 3.70. The minimum Gasteiger partial charge on any atom is -0.326 e. The van der Waals surface area contributed by atoms with Gasteiger partial charge in [-0.15, -0.1) is 0 Å². The van der Waals surface area contributed by atoms with Crippen LogP contribution in [0.1, 0.15) is 12.0 Å². The minimum absolute atomic E-state index is 0.0803. The molecule has 1 aliphatic rings. The van der Waals surface area contributed by atoms with Crippen LogP contribution >= 0.6 is 12.6 Å². The predicted octanol–water partition coefficient (Wildman–Crippen LogP) is 0.575. The van der Waals surface area contributed by atoms with E-state index in [0.29, 0.717) is 25.3 Å². The monoisotopic (exact) mass is 223 g/mol. The molecular weight excluding hydrogens is 210 g/mol. The van der Waals surface area contributed by atoms with Gasteiger partial charge in [0.15, 0.2) is 0 Å². The minimum atomic E-state index is 0.0803. The molecule has 1 atom stereocenters. The molecule has 1 aliphatic heterocycles. The SMILES string of the molecule is NCc1ccnc(N2CC(S)CC2=O)c1. The number of pyridine rings is 1. The topological polar surface area (TPSA) is 59.2 Å². The second kappa shape index (κ2) is 4.20. The Hall–Kier alpha value is -1.07. The van der Waals surface area contributed by atoms with E-state index in [0.717, 1.165) is 5.56 Å². The van der Waals surface area contributed by atoms with E-state index in [1.54, 1.807) is 11.1 Å². The molecule has 5 heteroatoms. The molecule has 1 aromatic heterocycles. The largest absolute Gasteiger partial charge is 0.326 e. The Bertz CT molecular complexity index is 383. The van der Waals surface area contributed by atoms with Crippen LogP contribution < -0.4 is 10.6 Å². The second-order valence-corrected chi connectivity index (χ2v) is 4.32. The fourth-order valence-corrected chi connectivity index (χ4v) is 1.96. The second-order valence-electron chi connectivity index (χ2n) is 3.59. The summed E-state index contributed by atoms with van der Waals surface area (Å²) < 4.78 is 0. The van der Waals surface area contributed by atoms with Gasteiger partial charge in [-0.05, 0) is 17.7 Å². The van der Waals surface area contributed by atoms with Gasteiger partial charge in [-0.25, -0.2) is 4.98 Å². The number of nitrogens with zero attached hydrogens (tertiary/aromatic N) is 2. The number of rotatable bonds is 2. The molecule has 4 nitrogen and oxygen atoms in total. The van der Waals surface area contributed by atoms with E-state index in [-0.39, 0.29) is 11.2 Å². The fraction of sp³-hybridized carbons (Fsp3) is 0.400. The first kappa shape index (κ1) is 10.4. The molecule has 0 radical (unpaired) electrons. The summed E-state index contributed by atoms with van der Waals surface area (Å²) in [6.45, 7) is 1.09. The Labute approximate surface area is 93.9 Å². The van der Waals surface area contributed by atoms with Gasteiger partial charge in [-0.2, -0.15) is 12.6 Å².